The van der Waals surface area contributed by atoms with Crippen molar-refractivity contribution in [2.75, 3.05) is 11.5 Å². The van der Waals surface area contributed by atoms with Gasteiger partial charge in [0.2, 0.25) is 0 Å². The number of hydrogen-bond donors (Lipinski definition) is 0. The average molecular weight is 374 g/mol. The summed E-state index contributed by atoms with van der Waals surface area (Å²) in [5, 5.41) is 2.74. The molecule has 4 nitrogen and oxygen atoms in total. The van der Waals surface area contributed by atoms with Crippen LogP contribution in [-0.2, 0) is 11.3 Å². The molecule has 0 radical (unpaired) electrons. The number of carbonyl (C=O) groups excluding carboxylic acids is 1. The second kappa shape index (κ2) is 8.05. The summed E-state index contributed by atoms with van der Waals surface area (Å²) in [6.07, 6.45) is 0. The van der Waals surface area contributed by atoms with Crippen LogP contribution in [-0.4, -0.2) is 17.5 Å². The Kier molecular flexibility index (Phi) is 5.58. The Morgan fingerprint density at radius 1 is 1.15 bits per heavy atom. The molecule has 0 fully saturated rings. The lowest BCUT2D eigenvalue weighted by molar-refractivity contribution is -0.120. The summed E-state index contributed by atoms with van der Waals surface area (Å²) in [7, 11) is 0. The molecule has 7 heteroatoms. The lowest BCUT2D eigenvalue weighted by atomic mass is 10.2. The molecule has 134 valence electrons. The Labute approximate surface area is 153 Å². The highest BCUT2D eigenvalue weighted by molar-refractivity contribution is 7.09. The zero-order valence-electron chi connectivity index (χ0n) is 14.0. The number of ether oxygens (including phenoxy) is 1. The van der Waals surface area contributed by atoms with E-state index in [-0.39, 0.29) is 24.8 Å². The van der Waals surface area contributed by atoms with E-state index in [4.69, 9.17) is 4.74 Å². The highest BCUT2D eigenvalue weighted by Gasteiger charge is 2.19. The Hall–Kier alpha value is -2.80. The number of thiazole rings is 1. The standard InChI is InChI=1S/C19H16F2N2O2S/c1-13-22-15(12-26-13)10-23(16-8-6-14(20)7-9-16)19(24)11-25-18-5-3-2-4-17(18)21/h2-9,12H,10-11H2,1H3. The minimum Gasteiger partial charge on any atom is -0.481 e. The SMILES string of the molecule is Cc1nc(CN(C(=O)COc2ccccc2F)c2ccc(F)cc2)cs1. The first kappa shape index (κ1) is 18.0. The van der Waals surface area contributed by atoms with Gasteiger partial charge < -0.3 is 9.64 Å². The maximum absolute atomic E-state index is 13.7. The number of amides is 1. The molecule has 0 saturated heterocycles. The average Bonchev–Trinajstić information content (AvgIpc) is 3.05. The maximum atomic E-state index is 13.7. The van der Waals surface area contributed by atoms with Gasteiger partial charge in [-0.1, -0.05) is 12.1 Å². The molecule has 26 heavy (non-hydrogen) atoms. The fourth-order valence-electron chi connectivity index (χ4n) is 2.37. The molecule has 0 bridgehead atoms. The summed E-state index contributed by atoms with van der Waals surface area (Å²) in [4.78, 5) is 18.5. The third-order valence-corrected chi connectivity index (χ3v) is 4.44. The van der Waals surface area contributed by atoms with Crippen LogP contribution in [0.25, 0.3) is 0 Å². The number of aryl methyl sites for hydroxylation is 1. The van der Waals surface area contributed by atoms with Gasteiger partial charge in [0, 0.05) is 11.1 Å². The van der Waals surface area contributed by atoms with Crippen LogP contribution in [0.2, 0.25) is 0 Å². The molecule has 0 aliphatic heterocycles. The fraction of sp³-hybridized carbons (Fsp3) is 0.158. The van der Waals surface area contributed by atoms with E-state index in [1.165, 1.54) is 52.6 Å². The molecule has 0 N–H and O–H groups in total. The molecule has 0 unspecified atom stereocenters. The first-order chi connectivity index (χ1) is 12.5. The number of hydrogen-bond acceptors (Lipinski definition) is 4. The molecule has 1 amide bonds. The van der Waals surface area contributed by atoms with Gasteiger partial charge >= 0.3 is 0 Å². The zero-order chi connectivity index (χ0) is 18.5. The number of carbonyl (C=O) groups is 1. The predicted molar refractivity (Wildman–Crippen MR) is 96.3 cm³/mol. The summed E-state index contributed by atoms with van der Waals surface area (Å²) in [6.45, 7) is 1.75. The number of aromatic nitrogens is 1. The Bertz CT molecular complexity index is 897. The number of halogens is 2. The molecule has 1 aromatic heterocycles. The summed E-state index contributed by atoms with van der Waals surface area (Å²) in [6, 6.07) is 11.5. The van der Waals surface area contributed by atoms with Crippen LogP contribution >= 0.6 is 11.3 Å². The van der Waals surface area contributed by atoms with Gasteiger partial charge in [0.1, 0.15) is 5.82 Å². The second-order valence-corrected chi connectivity index (χ2v) is 6.60. The Morgan fingerprint density at radius 3 is 2.54 bits per heavy atom. The maximum Gasteiger partial charge on any atom is 0.265 e. The molecule has 0 saturated carbocycles. The predicted octanol–water partition coefficient (Wildman–Crippen LogP) is 4.34. The number of para-hydroxylation sites is 1. The van der Waals surface area contributed by atoms with Crippen LogP contribution in [0.4, 0.5) is 14.5 Å². The van der Waals surface area contributed by atoms with Crippen molar-refractivity contribution in [1.29, 1.82) is 0 Å². The van der Waals surface area contributed by atoms with E-state index >= 15 is 0 Å². The van der Waals surface area contributed by atoms with Crippen LogP contribution in [0.1, 0.15) is 10.7 Å². The van der Waals surface area contributed by atoms with E-state index in [0.29, 0.717) is 5.69 Å². The monoisotopic (exact) mass is 374 g/mol. The van der Waals surface area contributed by atoms with E-state index in [1.54, 1.807) is 12.1 Å². The van der Waals surface area contributed by atoms with Gasteiger partial charge in [0.25, 0.3) is 5.91 Å². The van der Waals surface area contributed by atoms with Gasteiger partial charge in [-0.15, -0.1) is 11.3 Å². The quantitative estimate of drug-likeness (QED) is 0.645. The highest BCUT2D eigenvalue weighted by Crippen LogP contribution is 2.21. The van der Waals surface area contributed by atoms with Crippen molar-refractivity contribution in [2.24, 2.45) is 0 Å². The normalized spacial score (nSPS) is 10.6. The molecular formula is C19H16F2N2O2S. The van der Waals surface area contributed by atoms with Gasteiger partial charge in [-0.2, -0.15) is 0 Å². The number of rotatable bonds is 6. The van der Waals surface area contributed by atoms with Crippen molar-refractivity contribution in [2.45, 2.75) is 13.5 Å². The van der Waals surface area contributed by atoms with Gasteiger partial charge in [-0.05, 0) is 43.3 Å². The van der Waals surface area contributed by atoms with Crippen molar-refractivity contribution in [3.63, 3.8) is 0 Å². The second-order valence-electron chi connectivity index (χ2n) is 5.53. The molecule has 0 spiro atoms. The van der Waals surface area contributed by atoms with Gasteiger partial charge in [-0.25, -0.2) is 13.8 Å². The molecule has 3 rings (SSSR count). The summed E-state index contributed by atoms with van der Waals surface area (Å²) in [5.41, 5.74) is 1.23. The van der Waals surface area contributed by atoms with Gasteiger partial charge in [0.15, 0.2) is 18.2 Å². The van der Waals surface area contributed by atoms with Crippen molar-refractivity contribution < 1.29 is 18.3 Å². The number of benzene rings is 2. The number of anilines is 1. The highest BCUT2D eigenvalue weighted by atomic mass is 32.1. The third kappa shape index (κ3) is 4.43. The summed E-state index contributed by atoms with van der Waals surface area (Å²) >= 11 is 1.48. The van der Waals surface area contributed by atoms with E-state index in [9.17, 15) is 13.6 Å². The van der Waals surface area contributed by atoms with Gasteiger partial charge in [-0.3, -0.25) is 4.79 Å². The fourth-order valence-corrected chi connectivity index (χ4v) is 2.97. The van der Waals surface area contributed by atoms with Crippen molar-refractivity contribution in [1.82, 2.24) is 4.98 Å². The molecular weight excluding hydrogens is 358 g/mol. The molecule has 1 heterocycles. The lowest BCUT2D eigenvalue weighted by Crippen LogP contribution is -2.34. The van der Waals surface area contributed by atoms with E-state index in [2.05, 4.69) is 4.98 Å². The largest absolute Gasteiger partial charge is 0.481 e. The Morgan fingerprint density at radius 2 is 1.88 bits per heavy atom. The summed E-state index contributed by atoms with van der Waals surface area (Å²) < 4.78 is 32.2. The molecule has 2 aromatic carbocycles. The van der Waals surface area contributed by atoms with Crippen LogP contribution in [0.15, 0.2) is 53.9 Å². The van der Waals surface area contributed by atoms with E-state index < -0.39 is 11.6 Å². The van der Waals surface area contributed by atoms with Crippen LogP contribution in [0.5, 0.6) is 5.75 Å². The zero-order valence-corrected chi connectivity index (χ0v) is 14.8. The van der Waals surface area contributed by atoms with E-state index in [1.807, 2.05) is 12.3 Å². The van der Waals surface area contributed by atoms with E-state index in [0.717, 1.165) is 10.7 Å². The molecule has 0 aliphatic rings. The molecule has 0 atom stereocenters. The van der Waals surface area contributed by atoms with Crippen LogP contribution < -0.4 is 9.64 Å². The van der Waals surface area contributed by atoms with Crippen LogP contribution in [0.3, 0.4) is 0 Å². The molecule has 3 aromatic rings. The van der Waals surface area contributed by atoms with Crippen molar-refractivity contribution >= 4 is 22.9 Å². The first-order valence-electron chi connectivity index (χ1n) is 7.87. The van der Waals surface area contributed by atoms with Gasteiger partial charge in [0.05, 0.1) is 17.2 Å². The minimum atomic E-state index is -0.538. The Balaban J connectivity index is 1.78. The molecule has 0 aliphatic carbocycles. The van der Waals surface area contributed by atoms with Crippen LogP contribution in [0, 0.1) is 18.6 Å². The minimum absolute atomic E-state index is 0.00408. The third-order valence-electron chi connectivity index (χ3n) is 3.61. The van der Waals surface area contributed by atoms with Crippen molar-refractivity contribution in [3.8, 4) is 5.75 Å². The first-order valence-corrected chi connectivity index (χ1v) is 8.75. The smallest absolute Gasteiger partial charge is 0.265 e. The summed E-state index contributed by atoms with van der Waals surface area (Å²) in [5.74, 6) is -1.31. The number of nitrogens with zero attached hydrogens (tertiary/aromatic N) is 2. The topological polar surface area (TPSA) is 42.4 Å². The lowest BCUT2D eigenvalue weighted by Gasteiger charge is -2.22. The van der Waals surface area contributed by atoms with Crippen molar-refractivity contribution in [3.05, 3.63) is 76.2 Å².